The van der Waals surface area contributed by atoms with Gasteiger partial charge in [-0.3, -0.25) is 0 Å². The summed E-state index contributed by atoms with van der Waals surface area (Å²) in [5.41, 5.74) is 2.28. The van der Waals surface area contributed by atoms with Crippen molar-refractivity contribution in [3.63, 3.8) is 0 Å². The molecule has 0 radical (unpaired) electrons. The Balaban J connectivity index is 1.52. The van der Waals surface area contributed by atoms with Crippen molar-refractivity contribution in [2.45, 2.75) is 141 Å². The summed E-state index contributed by atoms with van der Waals surface area (Å²) in [6, 6.07) is 1.96. The molecule has 1 aromatic rings. The van der Waals surface area contributed by atoms with Crippen LogP contribution in [0.1, 0.15) is 141 Å². The Morgan fingerprint density at radius 1 is 0.500 bits per heavy atom. The number of hydrogen-bond donors (Lipinski definition) is 0. The minimum atomic E-state index is 0.231. The molecule has 0 bridgehead atoms. The van der Waals surface area contributed by atoms with Crippen LogP contribution in [0, 0.1) is 0 Å². The van der Waals surface area contributed by atoms with Crippen LogP contribution in [0.5, 0.6) is 11.9 Å². The van der Waals surface area contributed by atoms with Crippen LogP contribution in [0.3, 0.4) is 0 Å². The van der Waals surface area contributed by atoms with Crippen LogP contribution >= 0.6 is 0 Å². The van der Waals surface area contributed by atoms with Crippen molar-refractivity contribution >= 4 is 11.4 Å². The molecule has 2 aliphatic carbocycles. The molecule has 0 amide bonds. The molecule has 0 unspecified atom stereocenters. The smallest absolute Gasteiger partial charge is 0.336 e. The predicted octanol–water partition coefficient (Wildman–Crippen LogP) is 8.56. The predicted molar refractivity (Wildman–Crippen MR) is 140 cm³/mol. The van der Waals surface area contributed by atoms with Crippen molar-refractivity contribution < 1.29 is 9.68 Å². The molecule has 1 heterocycles. The van der Waals surface area contributed by atoms with Gasteiger partial charge in [0.1, 0.15) is 0 Å². The number of nitrogens with zero attached hydrogens (tertiary/aromatic N) is 4. The van der Waals surface area contributed by atoms with Gasteiger partial charge in [-0.05, 0) is 51.4 Å². The summed E-state index contributed by atoms with van der Waals surface area (Å²) in [4.78, 5) is 19.9. The Morgan fingerprint density at radius 3 is 1.32 bits per heavy atom. The van der Waals surface area contributed by atoms with Crippen LogP contribution in [-0.4, -0.2) is 21.4 Å². The fraction of sp³-hybridized carbons (Fsp3) is 0.786. The highest BCUT2D eigenvalue weighted by molar-refractivity contribution is 5.84. The van der Waals surface area contributed by atoms with Crippen molar-refractivity contribution in [1.29, 1.82) is 0 Å². The largest absolute Gasteiger partial charge is 0.348 e. The highest BCUT2D eigenvalue weighted by atomic mass is 16.7. The van der Waals surface area contributed by atoms with E-state index < -0.39 is 0 Å². The minimum absolute atomic E-state index is 0.231. The maximum absolute atomic E-state index is 5.70. The number of aromatic nitrogens is 2. The molecule has 6 nitrogen and oxygen atoms in total. The second-order valence-electron chi connectivity index (χ2n) is 10.0. The van der Waals surface area contributed by atoms with Gasteiger partial charge < -0.3 is 9.68 Å². The van der Waals surface area contributed by atoms with E-state index in [1.54, 1.807) is 12.3 Å². The van der Waals surface area contributed by atoms with Crippen molar-refractivity contribution in [1.82, 2.24) is 9.97 Å². The van der Waals surface area contributed by atoms with Crippen LogP contribution in [0.25, 0.3) is 0 Å². The molecule has 190 valence electrons. The van der Waals surface area contributed by atoms with Gasteiger partial charge in [-0.2, -0.15) is 4.98 Å². The van der Waals surface area contributed by atoms with Crippen molar-refractivity contribution in [2.75, 3.05) is 0 Å². The quantitative estimate of drug-likeness (QED) is 0.413. The Kier molecular flexibility index (Phi) is 13.7. The highest BCUT2D eigenvalue weighted by Crippen LogP contribution is 2.18. The van der Waals surface area contributed by atoms with E-state index in [1.165, 1.54) is 116 Å². The van der Waals surface area contributed by atoms with Gasteiger partial charge in [0.25, 0.3) is 5.88 Å². The summed E-state index contributed by atoms with van der Waals surface area (Å²) in [5, 5.41) is 8.90. The lowest BCUT2D eigenvalue weighted by molar-refractivity contribution is 0.285. The molecular weight excluding hydrogens is 424 g/mol. The van der Waals surface area contributed by atoms with Crippen LogP contribution in [0.2, 0.25) is 0 Å². The number of hydrogen-bond acceptors (Lipinski definition) is 6. The van der Waals surface area contributed by atoms with Gasteiger partial charge in [0.2, 0.25) is 0 Å². The summed E-state index contributed by atoms with van der Waals surface area (Å²) in [5.74, 6) is 0.419. The standard InChI is InChI=1S/C28H46N4O2/c1-3-7-11-15-19-25(20-16-12-8-4-1)31-33-27-23-24-29-28(30-27)34-32-26-21-17-13-9-5-2-6-10-14-18-22-26/h23-24H,1-22H2. The zero-order valence-corrected chi connectivity index (χ0v) is 21.3. The Morgan fingerprint density at radius 2 is 0.882 bits per heavy atom. The third kappa shape index (κ3) is 11.9. The molecule has 6 heteroatoms. The molecule has 0 aliphatic heterocycles. The van der Waals surface area contributed by atoms with Crippen molar-refractivity contribution in [3.05, 3.63) is 12.3 Å². The van der Waals surface area contributed by atoms with E-state index in [-0.39, 0.29) is 6.01 Å². The van der Waals surface area contributed by atoms with Crippen molar-refractivity contribution in [3.8, 4) is 11.9 Å². The highest BCUT2D eigenvalue weighted by Gasteiger charge is 2.08. The molecule has 2 fully saturated rings. The lowest BCUT2D eigenvalue weighted by atomic mass is 10.00. The zero-order valence-electron chi connectivity index (χ0n) is 21.3. The molecule has 0 saturated heterocycles. The monoisotopic (exact) mass is 470 g/mol. The van der Waals surface area contributed by atoms with E-state index in [4.69, 9.17) is 9.68 Å². The molecule has 0 atom stereocenters. The molecule has 2 aliphatic rings. The van der Waals surface area contributed by atoms with Gasteiger partial charge in [-0.15, -0.1) is 0 Å². The van der Waals surface area contributed by atoms with E-state index in [0.717, 1.165) is 37.1 Å². The third-order valence-electron chi connectivity index (χ3n) is 6.99. The molecule has 1 aromatic heterocycles. The van der Waals surface area contributed by atoms with Gasteiger partial charge in [0.05, 0.1) is 11.4 Å². The van der Waals surface area contributed by atoms with E-state index in [9.17, 15) is 0 Å². The first-order valence-corrected chi connectivity index (χ1v) is 14.2. The van der Waals surface area contributed by atoms with Crippen LogP contribution in [0.4, 0.5) is 0 Å². The van der Waals surface area contributed by atoms with E-state index >= 15 is 0 Å². The maximum Gasteiger partial charge on any atom is 0.348 e. The zero-order chi connectivity index (χ0) is 23.5. The SMILES string of the molecule is c1cc(ON=C2CCCCCCCCCCC2)nc(ON=C2CCCCCCCCCCC2)n1. The molecule has 3 rings (SSSR count). The lowest BCUT2D eigenvalue weighted by Gasteiger charge is -2.09. The summed E-state index contributed by atoms with van der Waals surface area (Å²) < 4.78 is 0. The summed E-state index contributed by atoms with van der Waals surface area (Å²) in [6.07, 6.45) is 29.2. The van der Waals surface area contributed by atoms with Gasteiger partial charge in [-0.25, -0.2) is 4.98 Å². The topological polar surface area (TPSA) is 69.0 Å². The number of oxime groups is 2. The average Bonchev–Trinajstić information content (AvgIpc) is 2.84. The minimum Gasteiger partial charge on any atom is -0.336 e. The summed E-state index contributed by atoms with van der Waals surface area (Å²) in [6.45, 7) is 0. The lowest BCUT2D eigenvalue weighted by Crippen LogP contribution is -2.05. The molecule has 0 N–H and O–H groups in total. The first-order chi connectivity index (χ1) is 16.9. The van der Waals surface area contributed by atoms with Gasteiger partial charge >= 0.3 is 6.01 Å². The fourth-order valence-corrected chi connectivity index (χ4v) is 4.86. The molecule has 0 aromatic carbocycles. The molecule has 34 heavy (non-hydrogen) atoms. The Labute approximate surface area is 207 Å². The maximum atomic E-state index is 5.70. The van der Waals surface area contributed by atoms with Crippen LogP contribution < -0.4 is 9.68 Å². The van der Waals surface area contributed by atoms with Gasteiger partial charge in [0.15, 0.2) is 0 Å². The van der Waals surface area contributed by atoms with Gasteiger partial charge in [0, 0.05) is 12.3 Å². The second kappa shape index (κ2) is 17.5. The van der Waals surface area contributed by atoms with Gasteiger partial charge in [-0.1, -0.05) is 100 Å². The van der Waals surface area contributed by atoms with Crippen LogP contribution in [0.15, 0.2) is 22.6 Å². The molecule has 2 saturated carbocycles. The first-order valence-electron chi connectivity index (χ1n) is 14.2. The van der Waals surface area contributed by atoms with Crippen LogP contribution in [-0.2, 0) is 0 Å². The normalized spacial score (nSPS) is 20.6. The molecule has 0 spiro atoms. The second-order valence-corrected chi connectivity index (χ2v) is 10.0. The summed E-state index contributed by atoms with van der Waals surface area (Å²) in [7, 11) is 0. The third-order valence-corrected chi connectivity index (χ3v) is 6.99. The average molecular weight is 471 g/mol. The first kappa shape index (κ1) is 26.6. The van der Waals surface area contributed by atoms with E-state index in [0.29, 0.717) is 5.88 Å². The Hall–Kier alpha value is -1.98. The number of rotatable bonds is 4. The fourth-order valence-electron chi connectivity index (χ4n) is 4.86. The van der Waals surface area contributed by atoms with E-state index in [1.807, 2.05) is 0 Å². The Bertz CT molecular complexity index is 650. The summed E-state index contributed by atoms with van der Waals surface area (Å²) >= 11 is 0. The molecular formula is C28H46N4O2. The van der Waals surface area contributed by atoms with E-state index in [2.05, 4.69) is 20.3 Å². The van der Waals surface area contributed by atoms with Crippen molar-refractivity contribution in [2.24, 2.45) is 10.3 Å².